The number of carbonyl (C=O) groups excluding carboxylic acids is 1. The van der Waals surface area contributed by atoms with Crippen molar-refractivity contribution in [3.63, 3.8) is 0 Å². The Kier molecular flexibility index (Phi) is 7.59. The van der Waals surface area contributed by atoms with E-state index in [0.29, 0.717) is 25.0 Å². The lowest BCUT2D eigenvalue weighted by Crippen LogP contribution is -2.15. The van der Waals surface area contributed by atoms with Gasteiger partial charge in [0.1, 0.15) is 18.2 Å². The Morgan fingerprint density at radius 3 is 2.55 bits per heavy atom. The number of alkyl halides is 2. The van der Waals surface area contributed by atoms with Crippen molar-refractivity contribution < 1.29 is 27.8 Å². The van der Waals surface area contributed by atoms with Gasteiger partial charge >= 0.3 is 5.92 Å². The van der Waals surface area contributed by atoms with Crippen LogP contribution in [0.3, 0.4) is 0 Å². The summed E-state index contributed by atoms with van der Waals surface area (Å²) in [5.41, 5.74) is 0.353. The third-order valence-corrected chi connectivity index (χ3v) is 3.37. The predicted octanol–water partition coefficient (Wildman–Crippen LogP) is 3.11. The summed E-state index contributed by atoms with van der Waals surface area (Å²) in [7, 11) is 1.53. The van der Waals surface area contributed by atoms with Crippen LogP contribution < -0.4 is 20.1 Å². The minimum atomic E-state index is -3.26. The summed E-state index contributed by atoms with van der Waals surface area (Å²) < 4.78 is 43.4. The number of methoxy groups -OCH3 is 1. The number of nitrogens with zero attached hydrogens (tertiary/aromatic N) is 3. The zero-order valence-electron chi connectivity index (χ0n) is 16.6. The van der Waals surface area contributed by atoms with Crippen LogP contribution in [0.25, 0.3) is 0 Å². The lowest BCUT2D eigenvalue weighted by atomic mass is 10.3. The van der Waals surface area contributed by atoms with Crippen LogP contribution in [-0.2, 0) is 15.5 Å². The van der Waals surface area contributed by atoms with Gasteiger partial charge in [0.05, 0.1) is 25.1 Å². The lowest BCUT2D eigenvalue weighted by Gasteiger charge is -2.16. The van der Waals surface area contributed by atoms with Crippen molar-refractivity contribution >= 4 is 23.2 Å². The van der Waals surface area contributed by atoms with Crippen molar-refractivity contribution in [1.82, 2.24) is 15.0 Å². The van der Waals surface area contributed by atoms with Crippen LogP contribution in [0, 0.1) is 0 Å². The van der Waals surface area contributed by atoms with Crippen LogP contribution in [-0.4, -0.2) is 47.8 Å². The van der Waals surface area contributed by atoms with Gasteiger partial charge in [0.2, 0.25) is 17.6 Å². The number of nitrogens with one attached hydrogen (secondary N) is 2. The molecule has 2 aromatic heterocycles. The molecule has 11 heteroatoms. The zero-order chi connectivity index (χ0) is 21.4. The number of pyridine rings is 1. The van der Waals surface area contributed by atoms with Crippen LogP contribution in [0.2, 0.25) is 0 Å². The van der Waals surface area contributed by atoms with Crippen molar-refractivity contribution in [3.8, 4) is 11.6 Å². The topological polar surface area (TPSA) is 107 Å². The average molecular weight is 411 g/mol. The molecule has 9 nitrogen and oxygen atoms in total. The highest BCUT2D eigenvalue weighted by molar-refractivity contribution is 5.88. The molecule has 2 N–H and O–H groups in total. The van der Waals surface area contributed by atoms with Crippen LogP contribution in [0.15, 0.2) is 18.3 Å². The fourth-order valence-corrected chi connectivity index (χ4v) is 2.18. The van der Waals surface area contributed by atoms with E-state index in [1.165, 1.54) is 32.4 Å². The molecule has 0 saturated heterocycles. The Morgan fingerprint density at radius 1 is 1.17 bits per heavy atom. The van der Waals surface area contributed by atoms with Crippen molar-refractivity contribution in [1.29, 1.82) is 0 Å². The third kappa shape index (κ3) is 6.79. The summed E-state index contributed by atoms with van der Waals surface area (Å²) in [6.07, 6.45) is 1.39. The fourth-order valence-electron chi connectivity index (χ4n) is 2.18. The monoisotopic (exact) mass is 411 g/mol. The Bertz CT molecular complexity index is 845. The molecule has 0 bridgehead atoms. The van der Waals surface area contributed by atoms with E-state index in [9.17, 15) is 13.6 Å². The number of rotatable bonds is 10. The van der Waals surface area contributed by atoms with Crippen LogP contribution in [0.1, 0.15) is 26.6 Å². The number of amides is 1. The molecule has 0 spiro atoms. The second kappa shape index (κ2) is 9.92. The summed E-state index contributed by atoms with van der Waals surface area (Å²) in [5, 5.41) is 5.45. The number of ether oxygens (including phenoxy) is 3. The van der Waals surface area contributed by atoms with Gasteiger partial charge in [0.15, 0.2) is 5.75 Å². The molecule has 0 fully saturated rings. The first-order valence-electron chi connectivity index (χ1n) is 8.79. The Morgan fingerprint density at radius 2 is 1.93 bits per heavy atom. The molecular formula is C18H23F2N5O4. The molecule has 0 aliphatic heterocycles. The molecule has 158 valence electrons. The van der Waals surface area contributed by atoms with Gasteiger partial charge in [-0.25, -0.2) is 9.97 Å². The second-order valence-corrected chi connectivity index (χ2v) is 5.95. The van der Waals surface area contributed by atoms with E-state index in [1.807, 2.05) is 0 Å². The van der Waals surface area contributed by atoms with Gasteiger partial charge in [-0.1, -0.05) is 0 Å². The largest absolute Gasteiger partial charge is 0.487 e. The highest BCUT2D eigenvalue weighted by atomic mass is 19.3. The molecule has 0 aliphatic rings. The molecule has 2 aromatic rings. The molecule has 0 atom stereocenters. The molecule has 0 aromatic carbocycles. The maximum absolute atomic E-state index is 13.8. The van der Waals surface area contributed by atoms with Crippen molar-refractivity contribution in [3.05, 3.63) is 24.2 Å². The summed E-state index contributed by atoms with van der Waals surface area (Å²) in [5.74, 6) is -3.64. The number of anilines is 3. The van der Waals surface area contributed by atoms with Crippen LogP contribution in [0.4, 0.5) is 26.1 Å². The van der Waals surface area contributed by atoms with E-state index in [-0.39, 0.29) is 36.6 Å². The smallest absolute Gasteiger partial charge is 0.304 e. The third-order valence-electron chi connectivity index (χ3n) is 3.37. The predicted molar refractivity (Wildman–Crippen MR) is 102 cm³/mol. The first kappa shape index (κ1) is 22.2. The van der Waals surface area contributed by atoms with Gasteiger partial charge in [0, 0.05) is 33.1 Å². The van der Waals surface area contributed by atoms with Crippen molar-refractivity contribution in [2.24, 2.45) is 0 Å². The molecule has 1 amide bonds. The minimum Gasteiger partial charge on any atom is -0.487 e. The maximum Gasteiger partial charge on any atom is 0.304 e. The molecule has 0 unspecified atom stereocenters. The van der Waals surface area contributed by atoms with Gasteiger partial charge < -0.3 is 24.8 Å². The van der Waals surface area contributed by atoms with E-state index < -0.39 is 11.7 Å². The standard InChI is InChI=1S/C18H23F2N5O4/c1-5-28-16-9-15(24-17(25-16)18(3,19)20)23-12-8-14(22-11(2)26)21-10-13(12)29-7-6-27-4/h8-10H,5-7H2,1-4H3,(H2,21,22,23,24,25,26). The number of hydrogen-bond acceptors (Lipinski definition) is 8. The van der Waals surface area contributed by atoms with E-state index in [0.717, 1.165) is 0 Å². The first-order chi connectivity index (χ1) is 13.7. The van der Waals surface area contributed by atoms with E-state index in [4.69, 9.17) is 14.2 Å². The molecular weight excluding hydrogens is 388 g/mol. The van der Waals surface area contributed by atoms with Crippen molar-refractivity contribution in [2.75, 3.05) is 37.6 Å². The van der Waals surface area contributed by atoms with Gasteiger partial charge in [-0.3, -0.25) is 4.79 Å². The second-order valence-electron chi connectivity index (χ2n) is 5.95. The number of carbonyl (C=O) groups is 1. The summed E-state index contributed by atoms with van der Waals surface area (Å²) in [4.78, 5) is 23.0. The summed E-state index contributed by atoms with van der Waals surface area (Å²) >= 11 is 0. The molecule has 2 rings (SSSR count). The fraction of sp³-hybridized carbons (Fsp3) is 0.444. The van der Waals surface area contributed by atoms with Gasteiger partial charge in [0.25, 0.3) is 0 Å². The molecule has 0 radical (unpaired) electrons. The van der Waals surface area contributed by atoms with Crippen LogP contribution in [0.5, 0.6) is 11.6 Å². The van der Waals surface area contributed by atoms with Gasteiger partial charge in [-0.15, -0.1) is 0 Å². The Hall–Kier alpha value is -3.08. The van der Waals surface area contributed by atoms with Gasteiger partial charge in [-0.05, 0) is 6.92 Å². The highest BCUT2D eigenvalue weighted by Gasteiger charge is 2.29. The van der Waals surface area contributed by atoms with E-state index in [1.54, 1.807) is 6.92 Å². The van der Waals surface area contributed by atoms with E-state index in [2.05, 4.69) is 25.6 Å². The molecule has 0 saturated carbocycles. The first-order valence-corrected chi connectivity index (χ1v) is 8.79. The Labute approximate surface area is 166 Å². The van der Waals surface area contributed by atoms with E-state index >= 15 is 0 Å². The zero-order valence-corrected chi connectivity index (χ0v) is 16.6. The summed E-state index contributed by atoms with van der Waals surface area (Å²) in [6, 6.07) is 2.88. The normalized spacial score (nSPS) is 11.1. The quantitative estimate of drug-likeness (QED) is 0.574. The Balaban J connectivity index is 2.41. The maximum atomic E-state index is 13.8. The molecule has 2 heterocycles. The lowest BCUT2D eigenvalue weighted by molar-refractivity contribution is -0.114. The van der Waals surface area contributed by atoms with Crippen LogP contribution >= 0.6 is 0 Å². The number of aromatic nitrogens is 3. The van der Waals surface area contributed by atoms with Crippen molar-refractivity contribution in [2.45, 2.75) is 26.7 Å². The minimum absolute atomic E-state index is 0.000447. The average Bonchev–Trinajstić information content (AvgIpc) is 2.62. The molecule has 29 heavy (non-hydrogen) atoms. The highest BCUT2D eigenvalue weighted by Crippen LogP contribution is 2.32. The van der Waals surface area contributed by atoms with Gasteiger partial charge in [-0.2, -0.15) is 13.8 Å². The number of halogens is 2. The molecule has 0 aliphatic carbocycles. The SMILES string of the molecule is CCOc1cc(Nc2cc(NC(C)=O)ncc2OCCOC)nc(C(C)(F)F)n1. The number of hydrogen-bond donors (Lipinski definition) is 2. The summed E-state index contributed by atoms with van der Waals surface area (Å²) in [6.45, 7) is 4.57.